The van der Waals surface area contributed by atoms with Crippen LogP contribution in [0.3, 0.4) is 0 Å². The van der Waals surface area contributed by atoms with Crippen LogP contribution in [0.2, 0.25) is 0 Å². The van der Waals surface area contributed by atoms with Crippen LogP contribution < -0.4 is 5.32 Å². The minimum Gasteiger partial charge on any atom is -0.306 e. The highest BCUT2D eigenvalue weighted by Crippen LogP contribution is 2.51. The number of aromatic nitrogens is 4. The summed E-state index contributed by atoms with van der Waals surface area (Å²) in [5.41, 5.74) is 4.02. The number of nitrogens with zero attached hydrogens (tertiary/aromatic N) is 4. The van der Waals surface area contributed by atoms with Crippen molar-refractivity contribution in [1.29, 1.82) is 0 Å². The second-order valence-corrected chi connectivity index (χ2v) is 9.14. The Balaban J connectivity index is 1.45. The summed E-state index contributed by atoms with van der Waals surface area (Å²) in [6.07, 6.45) is 6.85. The monoisotopic (exact) mass is 425 g/mol. The summed E-state index contributed by atoms with van der Waals surface area (Å²) < 4.78 is 16.4. The van der Waals surface area contributed by atoms with Gasteiger partial charge in [0, 0.05) is 18.7 Å². The van der Waals surface area contributed by atoms with Crippen molar-refractivity contribution in [3.8, 4) is 5.69 Å². The number of rotatable bonds is 3. The number of pyridine rings is 1. The molecule has 0 amide bonds. The fourth-order valence-corrected chi connectivity index (χ4v) is 5.56. The summed E-state index contributed by atoms with van der Waals surface area (Å²) in [5, 5.41) is 11.7. The molecule has 1 saturated carbocycles. The molecule has 2 aliphatic rings. The zero-order valence-electron chi connectivity index (χ0n) is 17.0. The molecule has 3 atom stereocenters. The Hall–Kier alpha value is -2.31. The van der Waals surface area contributed by atoms with Gasteiger partial charge in [0.05, 0.1) is 22.8 Å². The summed E-state index contributed by atoms with van der Waals surface area (Å²) in [7, 11) is 0. The van der Waals surface area contributed by atoms with Gasteiger partial charge in [0.25, 0.3) is 0 Å². The second-order valence-electron chi connectivity index (χ2n) is 8.42. The molecule has 0 bridgehead atoms. The average Bonchev–Trinajstić information content (AvgIpc) is 3.15. The van der Waals surface area contributed by atoms with E-state index in [1.165, 1.54) is 11.6 Å². The van der Waals surface area contributed by atoms with Crippen molar-refractivity contribution in [2.75, 3.05) is 0 Å². The van der Waals surface area contributed by atoms with Gasteiger partial charge in [-0.1, -0.05) is 25.5 Å². The van der Waals surface area contributed by atoms with Crippen molar-refractivity contribution in [3.63, 3.8) is 0 Å². The second kappa shape index (κ2) is 7.75. The molecule has 1 aliphatic carbocycles. The van der Waals surface area contributed by atoms with Gasteiger partial charge in [-0.25, -0.2) is 4.39 Å². The number of hydrogen-bond donors (Lipinski definition) is 1. The Bertz CT molecular complexity index is 1070. The molecule has 1 aromatic carbocycles. The third-order valence-corrected chi connectivity index (χ3v) is 7.30. The van der Waals surface area contributed by atoms with Gasteiger partial charge in [-0.15, -0.1) is 21.8 Å². The molecule has 5 rings (SSSR count). The first-order valence-corrected chi connectivity index (χ1v) is 11.0. The van der Waals surface area contributed by atoms with E-state index >= 15 is 0 Å². The van der Waals surface area contributed by atoms with Crippen LogP contribution in [0.5, 0.6) is 0 Å². The highest BCUT2D eigenvalue weighted by Gasteiger charge is 2.42. The van der Waals surface area contributed by atoms with Crippen molar-refractivity contribution in [2.24, 2.45) is 5.92 Å². The van der Waals surface area contributed by atoms with Crippen LogP contribution >= 0.6 is 11.6 Å². The van der Waals surface area contributed by atoms with E-state index in [1.807, 2.05) is 4.57 Å². The predicted octanol–water partition coefficient (Wildman–Crippen LogP) is 4.83. The third kappa shape index (κ3) is 3.32. The van der Waals surface area contributed by atoms with Gasteiger partial charge in [0.2, 0.25) is 0 Å². The topological polar surface area (TPSA) is 55.6 Å². The normalized spacial score (nSPS) is 26.0. The molecular formula is C23H25ClFN5. The van der Waals surface area contributed by atoms with Gasteiger partial charge >= 0.3 is 0 Å². The lowest BCUT2D eigenvalue weighted by Crippen LogP contribution is -2.33. The summed E-state index contributed by atoms with van der Waals surface area (Å²) in [4.78, 5) is 3.92. The molecule has 1 fully saturated rings. The number of fused-ring (bicyclic) bond motifs is 3. The highest BCUT2D eigenvalue weighted by atomic mass is 35.5. The smallest absolute Gasteiger partial charge is 0.151 e. The summed E-state index contributed by atoms with van der Waals surface area (Å²) in [6.45, 7) is 3.61. The largest absolute Gasteiger partial charge is 0.306 e. The number of nitrogens with one attached hydrogen (secondary N) is 1. The molecule has 3 heterocycles. The van der Waals surface area contributed by atoms with Gasteiger partial charge in [-0.3, -0.25) is 9.55 Å². The van der Waals surface area contributed by atoms with Crippen LogP contribution in [-0.2, 0) is 18.0 Å². The molecule has 0 radical (unpaired) electrons. The average molecular weight is 426 g/mol. The van der Waals surface area contributed by atoms with Crippen LogP contribution in [0.15, 0.2) is 42.9 Å². The van der Waals surface area contributed by atoms with E-state index in [-0.39, 0.29) is 11.7 Å². The zero-order valence-corrected chi connectivity index (χ0v) is 17.7. The van der Waals surface area contributed by atoms with Crippen LogP contribution in [-0.4, -0.2) is 19.7 Å². The molecule has 2 aromatic heterocycles. The molecule has 1 aliphatic heterocycles. The molecule has 3 unspecified atom stereocenters. The quantitative estimate of drug-likeness (QED) is 0.610. The lowest BCUT2D eigenvalue weighted by Gasteiger charge is -2.41. The van der Waals surface area contributed by atoms with E-state index < -0.39 is 4.87 Å². The van der Waals surface area contributed by atoms with Gasteiger partial charge in [-0.05, 0) is 54.5 Å². The first-order chi connectivity index (χ1) is 14.6. The number of halogens is 2. The Morgan fingerprint density at radius 3 is 3.03 bits per heavy atom. The Morgan fingerprint density at radius 2 is 2.20 bits per heavy atom. The van der Waals surface area contributed by atoms with E-state index in [4.69, 9.17) is 11.6 Å². The third-order valence-electron chi connectivity index (χ3n) is 6.74. The fourth-order valence-electron chi connectivity index (χ4n) is 5.13. The lowest BCUT2D eigenvalue weighted by atomic mass is 9.69. The van der Waals surface area contributed by atoms with Crippen molar-refractivity contribution in [2.45, 2.75) is 56.5 Å². The van der Waals surface area contributed by atoms with Crippen LogP contribution in [0.1, 0.15) is 61.2 Å². The van der Waals surface area contributed by atoms with E-state index in [1.54, 1.807) is 18.6 Å². The molecule has 5 nitrogen and oxygen atoms in total. The SMILES string of the molecule is CCC1CC(Cl)(c2ccc3c(c2)CNCc2nncn2-3)CCC1c1ncccc1F. The van der Waals surface area contributed by atoms with Crippen LogP contribution in [0.25, 0.3) is 5.69 Å². The minimum atomic E-state index is -0.445. The van der Waals surface area contributed by atoms with Crippen LogP contribution in [0, 0.1) is 11.7 Å². The minimum absolute atomic E-state index is 0.116. The van der Waals surface area contributed by atoms with Crippen LogP contribution in [0.4, 0.5) is 4.39 Å². The number of alkyl halides is 1. The lowest BCUT2D eigenvalue weighted by molar-refractivity contribution is 0.238. The highest BCUT2D eigenvalue weighted by molar-refractivity contribution is 6.24. The van der Waals surface area contributed by atoms with Crippen molar-refractivity contribution >= 4 is 11.6 Å². The molecule has 156 valence electrons. The molecule has 30 heavy (non-hydrogen) atoms. The fraction of sp³-hybridized carbons (Fsp3) is 0.435. The van der Waals surface area contributed by atoms with Gasteiger partial charge in [-0.2, -0.15) is 0 Å². The standard InChI is InChI=1S/C23H25ClFN5/c1-2-15-11-23(24,8-7-18(15)22-19(25)4-3-9-27-22)17-5-6-20-16(10-17)12-26-13-21-29-28-14-30(20)21/h3-6,9-10,14-15,18,26H,2,7-8,11-13H2,1H3. The summed E-state index contributed by atoms with van der Waals surface area (Å²) in [5.74, 6) is 1.11. The zero-order chi connectivity index (χ0) is 20.7. The van der Waals surface area contributed by atoms with Crippen molar-refractivity contribution < 1.29 is 4.39 Å². The number of hydrogen-bond acceptors (Lipinski definition) is 4. The molecule has 3 aromatic rings. The summed E-state index contributed by atoms with van der Waals surface area (Å²) >= 11 is 7.26. The van der Waals surface area contributed by atoms with E-state index in [0.717, 1.165) is 49.3 Å². The van der Waals surface area contributed by atoms with Gasteiger partial charge in [0.15, 0.2) is 5.82 Å². The molecular weight excluding hydrogens is 401 g/mol. The molecule has 1 N–H and O–H groups in total. The predicted molar refractivity (Wildman–Crippen MR) is 114 cm³/mol. The Morgan fingerprint density at radius 1 is 1.30 bits per heavy atom. The molecule has 7 heteroatoms. The van der Waals surface area contributed by atoms with Gasteiger partial charge in [0.1, 0.15) is 12.1 Å². The van der Waals surface area contributed by atoms with E-state index in [2.05, 4.69) is 45.6 Å². The maximum absolute atomic E-state index is 14.4. The maximum Gasteiger partial charge on any atom is 0.151 e. The van der Waals surface area contributed by atoms with E-state index in [9.17, 15) is 4.39 Å². The van der Waals surface area contributed by atoms with Crippen molar-refractivity contribution in [1.82, 2.24) is 25.1 Å². The maximum atomic E-state index is 14.4. The Kier molecular flexibility index (Phi) is 5.07. The van der Waals surface area contributed by atoms with E-state index in [0.29, 0.717) is 18.2 Å². The Labute approximate surface area is 180 Å². The summed E-state index contributed by atoms with van der Waals surface area (Å²) in [6, 6.07) is 9.64. The molecule has 0 spiro atoms. The first kappa shape index (κ1) is 19.6. The van der Waals surface area contributed by atoms with Crippen molar-refractivity contribution in [3.05, 3.63) is 71.3 Å². The molecule has 0 saturated heterocycles. The van der Waals surface area contributed by atoms with Gasteiger partial charge < -0.3 is 5.32 Å². The first-order valence-electron chi connectivity index (χ1n) is 10.6. The number of benzene rings is 1.